The van der Waals surface area contributed by atoms with E-state index in [1.54, 1.807) is 0 Å². The smallest absolute Gasteiger partial charge is 0.146 e. The minimum Gasteiger partial charge on any atom is -0.292 e. The Bertz CT molecular complexity index is 3030. The number of imidazole rings is 1. The number of aromatic nitrogens is 3. The van der Waals surface area contributed by atoms with E-state index in [2.05, 4.69) is 156 Å². The van der Waals surface area contributed by atoms with Crippen molar-refractivity contribution in [3.8, 4) is 22.5 Å². The molecule has 8 aromatic carbocycles. The molecule has 0 spiro atoms. The zero-order valence-electron chi connectivity index (χ0n) is 25.3. The molecule has 3 nitrogen and oxygen atoms in total. The molecule has 0 aliphatic carbocycles. The van der Waals surface area contributed by atoms with Gasteiger partial charge in [0.15, 0.2) is 0 Å². The Morgan fingerprint density at radius 2 is 1.02 bits per heavy atom. The summed E-state index contributed by atoms with van der Waals surface area (Å²) in [6.07, 6.45) is 0. The summed E-state index contributed by atoms with van der Waals surface area (Å²) in [5.41, 5.74) is 8.31. The lowest BCUT2D eigenvalue weighted by atomic mass is 9.88. The van der Waals surface area contributed by atoms with Crippen LogP contribution in [0.4, 0.5) is 0 Å². The average Bonchev–Trinajstić information content (AvgIpc) is 3.53. The van der Waals surface area contributed by atoms with Crippen molar-refractivity contribution in [2.45, 2.75) is 0 Å². The van der Waals surface area contributed by atoms with Crippen LogP contribution in [0.25, 0.3) is 104 Å². The van der Waals surface area contributed by atoms with Gasteiger partial charge in [-0.3, -0.25) is 4.40 Å². The predicted octanol–water partition coefficient (Wildman–Crippen LogP) is 11.6. The Balaban J connectivity index is 1.11. The molecule has 47 heavy (non-hydrogen) atoms. The molecule has 0 amide bonds. The molecule has 0 aliphatic rings. The number of rotatable bonds is 2. The minimum absolute atomic E-state index is 0.937. The second-order valence-electron chi connectivity index (χ2n) is 12.5. The summed E-state index contributed by atoms with van der Waals surface area (Å²) in [7, 11) is 0. The van der Waals surface area contributed by atoms with Crippen molar-refractivity contribution in [2.24, 2.45) is 0 Å². The molecule has 0 aliphatic heterocycles. The lowest BCUT2D eigenvalue weighted by molar-refractivity contribution is 1.31. The van der Waals surface area contributed by atoms with Gasteiger partial charge in [-0.05, 0) is 78.8 Å². The molecular weight excluding hydrogens is 571 g/mol. The molecule has 0 bridgehead atoms. The minimum atomic E-state index is 0.937. The van der Waals surface area contributed by atoms with Gasteiger partial charge in [0, 0.05) is 21.9 Å². The van der Waals surface area contributed by atoms with Gasteiger partial charge in [0.05, 0.1) is 27.9 Å². The van der Waals surface area contributed by atoms with Crippen LogP contribution in [0.5, 0.6) is 0 Å². The SMILES string of the molecule is c1cc(-c2ccc3c(c2)nc2c4ccccc4c4ccccc4n32)nc(-c2ccc3c4cccc5cccc(c6cccc2c63)c54)c1. The number of para-hydroxylation sites is 1. The van der Waals surface area contributed by atoms with Crippen LogP contribution in [0, 0.1) is 0 Å². The highest BCUT2D eigenvalue weighted by atomic mass is 15.0. The molecule has 0 fully saturated rings. The van der Waals surface area contributed by atoms with Gasteiger partial charge >= 0.3 is 0 Å². The van der Waals surface area contributed by atoms with E-state index in [-0.39, 0.29) is 0 Å². The average molecular weight is 596 g/mol. The molecule has 0 radical (unpaired) electrons. The van der Waals surface area contributed by atoms with Gasteiger partial charge in [0.2, 0.25) is 0 Å². The fourth-order valence-corrected chi connectivity index (χ4v) is 8.09. The third-order valence-corrected chi connectivity index (χ3v) is 10.1. The summed E-state index contributed by atoms with van der Waals surface area (Å²) < 4.78 is 2.30. The van der Waals surface area contributed by atoms with Gasteiger partial charge < -0.3 is 0 Å². The van der Waals surface area contributed by atoms with E-state index in [9.17, 15) is 0 Å². The van der Waals surface area contributed by atoms with E-state index >= 15 is 0 Å². The van der Waals surface area contributed by atoms with E-state index in [1.165, 1.54) is 59.4 Å². The third-order valence-electron chi connectivity index (χ3n) is 10.1. The van der Waals surface area contributed by atoms with Crippen LogP contribution in [0.15, 0.2) is 152 Å². The van der Waals surface area contributed by atoms with Gasteiger partial charge in [0.1, 0.15) is 5.65 Å². The highest BCUT2D eigenvalue weighted by Gasteiger charge is 2.17. The second-order valence-corrected chi connectivity index (χ2v) is 12.5. The van der Waals surface area contributed by atoms with E-state index in [1.807, 2.05) is 0 Å². The highest BCUT2D eigenvalue weighted by molar-refractivity contribution is 6.34. The van der Waals surface area contributed by atoms with Crippen molar-refractivity contribution in [3.05, 3.63) is 152 Å². The molecule has 216 valence electrons. The van der Waals surface area contributed by atoms with E-state index in [0.717, 1.165) is 44.6 Å². The first kappa shape index (κ1) is 24.9. The summed E-state index contributed by atoms with van der Waals surface area (Å²) >= 11 is 0. The Kier molecular flexibility index (Phi) is 4.84. The molecule has 0 N–H and O–H groups in total. The van der Waals surface area contributed by atoms with Crippen LogP contribution in [0.2, 0.25) is 0 Å². The van der Waals surface area contributed by atoms with Gasteiger partial charge in [-0.1, -0.05) is 121 Å². The number of hydrogen-bond acceptors (Lipinski definition) is 2. The zero-order chi connectivity index (χ0) is 30.6. The first-order valence-corrected chi connectivity index (χ1v) is 16.1. The van der Waals surface area contributed by atoms with Gasteiger partial charge in [-0.2, -0.15) is 0 Å². The Labute approximate surface area is 269 Å². The van der Waals surface area contributed by atoms with Crippen molar-refractivity contribution in [2.75, 3.05) is 0 Å². The van der Waals surface area contributed by atoms with Crippen LogP contribution in [-0.4, -0.2) is 14.4 Å². The largest absolute Gasteiger partial charge is 0.292 e. The van der Waals surface area contributed by atoms with Crippen molar-refractivity contribution in [1.29, 1.82) is 0 Å². The molecule has 3 aromatic heterocycles. The zero-order valence-corrected chi connectivity index (χ0v) is 25.3. The third kappa shape index (κ3) is 3.35. The maximum atomic E-state index is 5.28. The lowest BCUT2D eigenvalue weighted by Crippen LogP contribution is -1.92. The van der Waals surface area contributed by atoms with Crippen molar-refractivity contribution in [3.63, 3.8) is 0 Å². The van der Waals surface area contributed by atoms with E-state index in [0.29, 0.717) is 0 Å². The Hall–Kier alpha value is -6.32. The number of benzene rings is 8. The van der Waals surface area contributed by atoms with E-state index in [4.69, 9.17) is 9.97 Å². The van der Waals surface area contributed by atoms with Crippen LogP contribution in [-0.2, 0) is 0 Å². The highest BCUT2D eigenvalue weighted by Crippen LogP contribution is 2.43. The molecule has 0 unspecified atom stereocenters. The van der Waals surface area contributed by atoms with Crippen molar-refractivity contribution in [1.82, 2.24) is 14.4 Å². The number of fused-ring (bicyclic) bond motifs is 10. The molecule has 0 saturated carbocycles. The first-order valence-electron chi connectivity index (χ1n) is 16.1. The number of pyridine rings is 2. The monoisotopic (exact) mass is 595 g/mol. The normalized spacial score (nSPS) is 12.3. The van der Waals surface area contributed by atoms with Crippen LogP contribution >= 0.6 is 0 Å². The second kappa shape index (κ2) is 9.12. The van der Waals surface area contributed by atoms with Crippen LogP contribution < -0.4 is 0 Å². The van der Waals surface area contributed by atoms with Gasteiger partial charge in [-0.25, -0.2) is 9.97 Å². The standard InChI is InChI=1S/C44H25N3/c1-2-13-36-28(11-1)30-12-3-4-20-40(30)47-41-24-21-27(25-39(41)46-44(36)47)37-18-8-19-38(45-37)29-22-23-35-33-15-6-10-26-9-5-14-32(42(26)33)34-17-7-16-31(29)43(34)35/h1-25H. The lowest BCUT2D eigenvalue weighted by Gasteiger charge is -2.16. The summed E-state index contributed by atoms with van der Waals surface area (Å²) in [6, 6.07) is 54.6. The summed E-state index contributed by atoms with van der Waals surface area (Å²) in [4.78, 5) is 10.5. The van der Waals surface area contributed by atoms with Crippen LogP contribution in [0.1, 0.15) is 0 Å². The van der Waals surface area contributed by atoms with Crippen molar-refractivity contribution >= 4 is 81.4 Å². The summed E-state index contributed by atoms with van der Waals surface area (Å²) in [5, 5.41) is 13.9. The molecule has 3 heterocycles. The maximum Gasteiger partial charge on any atom is 0.146 e. The van der Waals surface area contributed by atoms with E-state index < -0.39 is 0 Å². The predicted molar refractivity (Wildman–Crippen MR) is 198 cm³/mol. The fraction of sp³-hybridized carbons (Fsp3) is 0. The Morgan fingerprint density at radius 3 is 1.87 bits per heavy atom. The molecule has 0 saturated heterocycles. The molecule has 11 aromatic rings. The van der Waals surface area contributed by atoms with Gasteiger partial charge in [-0.15, -0.1) is 0 Å². The first-order chi connectivity index (χ1) is 23.3. The number of hydrogen-bond donors (Lipinski definition) is 0. The topological polar surface area (TPSA) is 30.2 Å². The molecular formula is C44H25N3. The molecule has 0 atom stereocenters. The number of nitrogens with zero attached hydrogens (tertiary/aromatic N) is 3. The quantitative estimate of drug-likeness (QED) is 0.147. The van der Waals surface area contributed by atoms with Crippen molar-refractivity contribution < 1.29 is 0 Å². The molecule has 3 heteroatoms. The van der Waals surface area contributed by atoms with Crippen LogP contribution in [0.3, 0.4) is 0 Å². The molecule has 11 rings (SSSR count). The fourth-order valence-electron chi connectivity index (χ4n) is 8.09. The summed E-state index contributed by atoms with van der Waals surface area (Å²) in [6.45, 7) is 0. The van der Waals surface area contributed by atoms with Gasteiger partial charge in [0.25, 0.3) is 0 Å². The Morgan fingerprint density at radius 1 is 0.383 bits per heavy atom. The maximum absolute atomic E-state index is 5.28. The summed E-state index contributed by atoms with van der Waals surface area (Å²) in [5.74, 6) is 0.